The second-order valence-corrected chi connectivity index (χ2v) is 8.93. The van der Waals surface area contributed by atoms with Gasteiger partial charge in [-0.2, -0.15) is 13.2 Å². The highest BCUT2D eigenvalue weighted by molar-refractivity contribution is 5.78. The fraction of sp³-hybridized carbons (Fsp3) is 0.542. The molecule has 0 radical (unpaired) electrons. The van der Waals surface area contributed by atoms with Crippen molar-refractivity contribution in [3.63, 3.8) is 0 Å². The number of piperidine rings is 1. The molecule has 0 aliphatic carbocycles. The predicted molar refractivity (Wildman–Crippen MR) is 125 cm³/mol. The Bertz CT molecular complexity index is 969. The summed E-state index contributed by atoms with van der Waals surface area (Å²) in [4.78, 5) is 27.7. The molecular formula is C24H31F3N6O. The van der Waals surface area contributed by atoms with Gasteiger partial charge < -0.3 is 15.1 Å². The van der Waals surface area contributed by atoms with Crippen molar-refractivity contribution in [1.29, 1.82) is 0 Å². The van der Waals surface area contributed by atoms with Crippen LogP contribution in [-0.4, -0.2) is 73.1 Å². The summed E-state index contributed by atoms with van der Waals surface area (Å²) in [7, 11) is 0. The Hall–Kier alpha value is -2.88. The SMILES string of the molecule is Cc1ccnc(N2CCC(C(=O)NCCN3CCN(c4cccc(C(F)(F)F)c4)CC3)CC2)n1. The van der Waals surface area contributed by atoms with Gasteiger partial charge in [0.05, 0.1) is 5.56 Å². The van der Waals surface area contributed by atoms with Crippen LogP contribution in [0.2, 0.25) is 0 Å². The number of piperazine rings is 1. The molecule has 184 valence electrons. The van der Waals surface area contributed by atoms with E-state index >= 15 is 0 Å². The van der Waals surface area contributed by atoms with Crippen molar-refractivity contribution in [2.45, 2.75) is 25.9 Å². The molecule has 0 spiro atoms. The van der Waals surface area contributed by atoms with Gasteiger partial charge >= 0.3 is 6.18 Å². The Morgan fingerprint density at radius 1 is 1.06 bits per heavy atom. The Labute approximate surface area is 198 Å². The van der Waals surface area contributed by atoms with Crippen LogP contribution in [-0.2, 0) is 11.0 Å². The summed E-state index contributed by atoms with van der Waals surface area (Å²) in [5, 5.41) is 3.06. The molecule has 1 amide bonds. The third kappa shape index (κ3) is 6.16. The molecule has 0 bridgehead atoms. The minimum atomic E-state index is -4.33. The van der Waals surface area contributed by atoms with E-state index < -0.39 is 11.7 Å². The van der Waals surface area contributed by atoms with Gasteiger partial charge in [0, 0.05) is 75.9 Å². The fourth-order valence-corrected chi connectivity index (χ4v) is 4.52. The minimum Gasteiger partial charge on any atom is -0.369 e. The lowest BCUT2D eigenvalue weighted by Gasteiger charge is -2.36. The second-order valence-electron chi connectivity index (χ2n) is 8.93. The number of carbonyl (C=O) groups excluding carboxylic acids is 1. The van der Waals surface area contributed by atoms with Crippen molar-refractivity contribution in [2.75, 3.05) is 62.2 Å². The van der Waals surface area contributed by atoms with Crippen LogP contribution in [0, 0.1) is 12.8 Å². The topological polar surface area (TPSA) is 64.6 Å². The highest BCUT2D eigenvalue weighted by Crippen LogP contribution is 2.31. The molecule has 3 heterocycles. The summed E-state index contributed by atoms with van der Waals surface area (Å²) >= 11 is 0. The maximum atomic E-state index is 13.0. The summed E-state index contributed by atoms with van der Waals surface area (Å²) < 4.78 is 38.9. The molecule has 1 aromatic carbocycles. The van der Waals surface area contributed by atoms with Crippen LogP contribution in [0.15, 0.2) is 36.5 Å². The van der Waals surface area contributed by atoms with Gasteiger partial charge in [0.2, 0.25) is 11.9 Å². The average molecular weight is 477 g/mol. The van der Waals surface area contributed by atoms with E-state index in [2.05, 4.69) is 25.1 Å². The average Bonchev–Trinajstić information content (AvgIpc) is 2.84. The van der Waals surface area contributed by atoms with Crippen molar-refractivity contribution in [3.05, 3.63) is 47.8 Å². The van der Waals surface area contributed by atoms with Gasteiger partial charge in [0.1, 0.15) is 0 Å². The molecule has 1 N–H and O–H groups in total. The van der Waals surface area contributed by atoms with Gasteiger partial charge in [0.15, 0.2) is 0 Å². The van der Waals surface area contributed by atoms with Crippen LogP contribution in [0.1, 0.15) is 24.1 Å². The highest BCUT2D eigenvalue weighted by Gasteiger charge is 2.31. The lowest BCUT2D eigenvalue weighted by Crippen LogP contribution is -2.49. The summed E-state index contributed by atoms with van der Waals surface area (Å²) in [5.41, 5.74) is 0.915. The molecule has 2 aliphatic rings. The molecule has 1 aromatic heterocycles. The van der Waals surface area contributed by atoms with Crippen LogP contribution >= 0.6 is 0 Å². The van der Waals surface area contributed by atoms with E-state index in [0.29, 0.717) is 25.3 Å². The number of amides is 1. The Kier molecular flexibility index (Phi) is 7.55. The van der Waals surface area contributed by atoms with Gasteiger partial charge in [-0.05, 0) is 44.0 Å². The Morgan fingerprint density at radius 2 is 1.79 bits per heavy atom. The van der Waals surface area contributed by atoms with E-state index in [1.165, 1.54) is 12.1 Å². The molecule has 34 heavy (non-hydrogen) atoms. The number of aryl methyl sites for hydroxylation is 1. The Morgan fingerprint density at radius 3 is 2.47 bits per heavy atom. The number of nitrogens with zero attached hydrogens (tertiary/aromatic N) is 5. The first-order valence-corrected chi connectivity index (χ1v) is 11.8. The zero-order valence-electron chi connectivity index (χ0n) is 19.4. The van der Waals surface area contributed by atoms with Crippen LogP contribution in [0.3, 0.4) is 0 Å². The Balaban J connectivity index is 1.16. The van der Waals surface area contributed by atoms with Gasteiger partial charge in [0.25, 0.3) is 0 Å². The molecule has 2 aliphatic heterocycles. The zero-order valence-corrected chi connectivity index (χ0v) is 19.4. The number of hydrogen-bond acceptors (Lipinski definition) is 6. The number of benzene rings is 1. The monoisotopic (exact) mass is 476 g/mol. The first kappa shape index (κ1) is 24.3. The molecule has 2 saturated heterocycles. The quantitative estimate of drug-likeness (QED) is 0.692. The summed E-state index contributed by atoms with van der Waals surface area (Å²) in [5.74, 6) is 0.814. The molecule has 2 fully saturated rings. The first-order valence-electron chi connectivity index (χ1n) is 11.8. The van der Waals surface area contributed by atoms with Crippen LogP contribution in [0.5, 0.6) is 0 Å². The van der Waals surface area contributed by atoms with Crippen LogP contribution in [0.25, 0.3) is 0 Å². The van der Waals surface area contributed by atoms with Crippen molar-refractivity contribution < 1.29 is 18.0 Å². The molecule has 0 unspecified atom stereocenters. The largest absolute Gasteiger partial charge is 0.416 e. The minimum absolute atomic E-state index is 0.00110. The molecule has 7 nitrogen and oxygen atoms in total. The number of anilines is 2. The smallest absolute Gasteiger partial charge is 0.369 e. The first-order chi connectivity index (χ1) is 16.3. The van der Waals surface area contributed by atoms with Crippen LogP contribution < -0.4 is 15.1 Å². The number of rotatable bonds is 6. The van der Waals surface area contributed by atoms with E-state index in [4.69, 9.17) is 0 Å². The van der Waals surface area contributed by atoms with E-state index in [1.54, 1.807) is 12.3 Å². The molecular weight excluding hydrogens is 445 g/mol. The molecule has 10 heteroatoms. The van der Waals surface area contributed by atoms with Gasteiger partial charge in [-0.3, -0.25) is 9.69 Å². The summed E-state index contributed by atoms with van der Waals surface area (Å²) in [6.07, 6.45) is -1.02. The molecule has 0 atom stereocenters. The fourth-order valence-electron chi connectivity index (χ4n) is 4.52. The standard InChI is InChI=1S/C24H31F3N6O/c1-18-5-8-29-23(30-18)33-10-6-19(7-11-33)22(34)28-9-12-31-13-15-32(16-14-31)21-4-2-3-20(17-21)24(25,26)27/h2-5,8,17,19H,6-7,9-16H2,1H3,(H,28,34). The lowest BCUT2D eigenvalue weighted by atomic mass is 9.96. The van der Waals surface area contributed by atoms with Gasteiger partial charge in [-0.1, -0.05) is 6.07 Å². The molecule has 4 rings (SSSR count). The van der Waals surface area contributed by atoms with Crippen molar-refractivity contribution in [3.8, 4) is 0 Å². The number of alkyl halides is 3. The highest BCUT2D eigenvalue weighted by atomic mass is 19.4. The number of carbonyl (C=O) groups is 1. The maximum absolute atomic E-state index is 13.0. The van der Waals surface area contributed by atoms with E-state index in [1.807, 2.05) is 17.9 Å². The van der Waals surface area contributed by atoms with Crippen molar-refractivity contribution in [2.24, 2.45) is 5.92 Å². The third-order valence-corrected chi connectivity index (χ3v) is 6.57. The van der Waals surface area contributed by atoms with E-state index in [0.717, 1.165) is 63.3 Å². The van der Waals surface area contributed by atoms with Gasteiger partial charge in [-0.15, -0.1) is 0 Å². The van der Waals surface area contributed by atoms with Crippen molar-refractivity contribution >= 4 is 17.5 Å². The summed E-state index contributed by atoms with van der Waals surface area (Å²) in [6, 6.07) is 7.36. The van der Waals surface area contributed by atoms with Gasteiger partial charge in [-0.25, -0.2) is 9.97 Å². The number of nitrogens with one attached hydrogen (secondary N) is 1. The second kappa shape index (κ2) is 10.6. The van der Waals surface area contributed by atoms with E-state index in [9.17, 15) is 18.0 Å². The number of hydrogen-bond donors (Lipinski definition) is 1. The van der Waals surface area contributed by atoms with E-state index in [-0.39, 0.29) is 11.8 Å². The third-order valence-electron chi connectivity index (χ3n) is 6.57. The number of aromatic nitrogens is 2. The number of halogens is 3. The normalized spacial score (nSPS) is 18.2. The molecule has 2 aromatic rings. The predicted octanol–water partition coefficient (Wildman–Crippen LogP) is 2.96. The lowest BCUT2D eigenvalue weighted by molar-refractivity contribution is -0.137. The summed E-state index contributed by atoms with van der Waals surface area (Å²) in [6.45, 7) is 7.60. The molecule has 0 saturated carbocycles. The van der Waals surface area contributed by atoms with Crippen LogP contribution in [0.4, 0.5) is 24.8 Å². The van der Waals surface area contributed by atoms with Crippen molar-refractivity contribution in [1.82, 2.24) is 20.2 Å². The zero-order chi connectivity index (χ0) is 24.1. The maximum Gasteiger partial charge on any atom is 0.416 e.